The van der Waals surface area contributed by atoms with Crippen molar-refractivity contribution >= 4 is 155 Å². The average Bonchev–Trinajstić information content (AvgIpc) is 0.726. The Morgan fingerprint density at radius 2 is 0.659 bits per heavy atom. The fraction of sp³-hybridized carbons (Fsp3) is 0.281. The predicted octanol–water partition coefficient (Wildman–Crippen LogP) is 18.8. The van der Waals surface area contributed by atoms with Gasteiger partial charge >= 0.3 is 0 Å². The Hall–Kier alpha value is -13.8. The van der Waals surface area contributed by atoms with E-state index in [9.17, 15) is 66.5 Å². The van der Waals surface area contributed by atoms with E-state index in [-0.39, 0.29) is 194 Å². The lowest BCUT2D eigenvalue weighted by atomic mass is 10.0. The summed E-state index contributed by atoms with van der Waals surface area (Å²) in [6, 6.07) is 14.2. The molecule has 3 atom stereocenters. The molecule has 12 heterocycles. The Morgan fingerprint density at radius 3 is 0.913 bits per heavy atom. The van der Waals surface area contributed by atoms with Crippen LogP contribution in [-0.4, -0.2) is 153 Å². The largest absolute Gasteiger partial charge is 0.394 e. The Bertz CT molecular complexity index is 6790. The maximum atomic E-state index is 15.5. The number of nitrogens with two attached hydrogens (primary N) is 3. The van der Waals surface area contributed by atoms with Gasteiger partial charge in [0.2, 0.25) is 17.7 Å². The van der Waals surface area contributed by atoms with Crippen LogP contribution in [0.4, 0.5) is 73.6 Å². The Kier molecular flexibility index (Phi) is 29.5. The SMILES string of the molecule is C=CC(=O)N1CCN(c2c(C#N)c(=O)n(-c3c(C)ccnc3C(C)C)c3nc(-c4c(F)c(N)c(F)c(Cl)c4F)c(Cl)cc23)C[C@H]1C.C=CC(=O)N1CCN(c2c(C#N)c(=O)n(-c3c(C)ccnc3C(C)C)c3nc(-c4c(F)c(N)c(F)c(F)c4Cl)c(Cl)cc23)C[C@H]1C.C=CC(=O)N1CCN(c2c(C#N)c(=O)n(-c3c(C)ccnc3C(C)C)c3nc(-c4c(F)c(N)c(F)c(F)c4Cl)c(Cl)cc23)C[C@H]1C. The molecule has 3 amide bonds. The van der Waals surface area contributed by atoms with Gasteiger partial charge in [0.05, 0.1) is 110 Å². The standard InChI is InChI=1S/3C32H28Cl2F3N7O2/c1-6-20(45)43-10-9-42(13-16(43)5)30-17-11-19(33)28(21-23(35)22(34)25(37)26(39)24(21)36)41-31(17)44(32(46)18(30)12-38)29-15(4)7-8-40-27(29)14(2)3;2*1-6-20(45)43-10-9-42(13-16(43)5)30-17-11-19(33)28(21-22(34)24(36)25(37)26(39)23(21)35)41-31(17)44(32(46)18(30)12-38)29-15(4)7-8-40-27(29)14(2)3/h3*6-8,11,14,16H,1,9-10,13,39H2,2-5H3/t3*16-/m111/s1. The topological polar surface area (TPSA) is 363 Å². The molecule has 0 radical (unpaired) electrons. The molecule has 27 nitrogen and oxygen atoms in total. The van der Waals surface area contributed by atoms with Crippen LogP contribution in [0.1, 0.15) is 131 Å². The van der Waals surface area contributed by atoms with Crippen LogP contribution in [0.2, 0.25) is 30.1 Å². The highest BCUT2D eigenvalue weighted by Crippen LogP contribution is 2.49. The first-order valence-electron chi connectivity index (χ1n) is 42.6. The number of carbonyl (C=O) groups is 3. The van der Waals surface area contributed by atoms with Crippen LogP contribution < -0.4 is 48.6 Å². The van der Waals surface area contributed by atoms with Crippen LogP contribution in [0.5, 0.6) is 0 Å². The molecule has 0 spiro atoms. The monoisotopic (exact) mass is 2010 g/mol. The van der Waals surface area contributed by atoms with Gasteiger partial charge in [-0.1, -0.05) is 131 Å². The van der Waals surface area contributed by atoms with Gasteiger partial charge in [0.1, 0.15) is 73.9 Å². The number of nitrogens with zero attached hydrogens (tertiary/aromatic N) is 18. The number of piperazine rings is 3. The van der Waals surface area contributed by atoms with Crippen LogP contribution >= 0.6 is 69.6 Å². The third kappa shape index (κ3) is 17.6. The van der Waals surface area contributed by atoms with E-state index < -0.39 is 135 Å². The van der Waals surface area contributed by atoms with Crippen LogP contribution in [0.3, 0.4) is 0 Å². The highest BCUT2D eigenvalue weighted by molar-refractivity contribution is 6.38. The highest BCUT2D eigenvalue weighted by Gasteiger charge is 2.40. The maximum Gasteiger partial charge on any atom is 0.276 e. The minimum absolute atomic E-state index is 0.0765. The van der Waals surface area contributed by atoms with Crippen molar-refractivity contribution in [2.45, 2.75) is 119 Å². The number of amides is 3. The molecule has 15 rings (SSSR count). The quantitative estimate of drug-likeness (QED) is 0.0282. The third-order valence-corrected chi connectivity index (χ3v) is 26.1. The molecular formula is C96H84Cl6F9N21O6. The fourth-order valence-corrected chi connectivity index (χ4v) is 18.9. The first-order chi connectivity index (χ1) is 65.2. The molecule has 714 valence electrons. The molecule has 0 unspecified atom stereocenters. The van der Waals surface area contributed by atoms with E-state index in [1.807, 2.05) is 80.5 Å². The first kappa shape index (κ1) is 102. The maximum absolute atomic E-state index is 15.5. The van der Waals surface area contributed by atoms with Crippen molar-refractivity contribution in [2.24, 2.45) is 0 Å². The normalized spacial score (nSPS) is 15.0. The smallest absolute Gasteiger partial charge is 0.276 e. The summed E-state index contributed by atoms with van der Waals surface area (Å²) in [4.78, 5) is 118. The van der Waals surface area contributed by atoms with Gasteiger partial charge in [0.25, 0.3) is 16.7 Å². The van der Waals surface area contributed by atoms with Crippen molar-refractivity contribution in [3.8, 4) is 69.0 Å². The number of halogens is 15. The summed E-state index contributed by atoms with van der Waals surface area (Å²) in [6.07, 6.45) is 8.39. The van der Waals surface area contributed by atoms with Crippen LogP contribution in [-0.2, 0) is 14.4 Å². The number of pyridine rings is 9. The molecule has 138 heavy (non-hydrogen) atoms. The lowest BCUT2D eigenvalue weighted by Crippen LogP contribution is -2.54. The highest BCUT2D eigenvalue weighted by atomic mass is 35.5. The molecule has 9 aromatic heterocycles. The van der Waals surface area contributed by atoms with Crippen molar-refractivity contribution in [3.05, 3.63) is 257 Å². The molecule has 0 aliphatic carbocycles. The van der Waals surface area contributed by atoms with Gasteiger partial charge in [-0.25, -0.2) is 54.5 Å². The number of fused-ring (bicyclic) bond motifs is 3. The molecule has 12 aromatic rings. The van der Waals surface area contributed by atoms with Crippen molar-refractivity contribution in [1.29, 1.82) is 15.8 Å². The molecule has 3 aromatic carbocycles. The molecule has 0 bridgehead atoms. The number of hydrogen-bond acceptors (Lipinski definition) is 21. The summed E-state index contributed by atoms with van der Waals surface area (Å²) < 4.78 is 138. The molecular weight excluding hydrogens is 1930 g/mol. The predicted molar refractivity (Wildman–Crippen MR) is 516 cm³/mol. The number of benzene rings is 3. The Morgan fingerprint density at radius 1 is 0.399 bits per heavy atom. The summed E-state index contributed by atoms with van der Waals surface area (Å²) in [5.41, 5.74) is 11.4. The molecule has 3 aliphatic rings. The van der Waals surface area contributed by atoms with Gasteiger partial charge < -0.3 is 46.6 Å². The summed E-state index contributed by atoms with van der Waals surface area (Å²) in [6.45, 7) is 34.8. The van der Waals surface area contributed by atoms with E-state index in [4.69, 9.17) is 86.8 Å². The van der Waals surface area contributed by atoms with Gasteiger partial charge in [-0.05, 0) is 131 Å². The zero-order chi connectivity index (χ0) is 101. The van der Waals surface area contributed by atoms with Gasteiger partial charge in [-0.2, -0.15) is 15.8 Å². The van der Waals surface area contributed by atoms with Crippen molar-refractivity contribution in [2.75, 3.05) is 90.8 Å². The number of carbonyl (C=O) groups excluding carboxylic acids is 3. The number of nitrogen functional groups attached to an aromatic ring is 3. The second-order valence-corrected chi connectivity index (χ2v) is 36.1. The summed E-state index contributed by atoms with van der Waals surface area (Å²) in [5.74, 6) is -15.1. The molecule has 3 saturated heterocycles. The minimum Gasteiger partial charge on any atom is -0.394 e. The van der Waals surface area contributed by atoms with Crippen LogP contribution in [0, 0.1) is 107 Å². The third-order valence-electron chi connectivity index (χ3n) is 24.1. The average molecular weight is 2010 g/mol. The molecule has 6 N–H and O–H groups in total. The summed E-state index contributed by atoms with van der Waals surface area (Å²) in [7, 11) is 0. The zero-order valence-electron chi connectivity index (χ0n) is 75.8. The fourth-order valence-electron chi connectivity index (χ4n) is 17.5. The second kappa shape index (κ2) is 40.1. The van der Waals surface area contributed by atoms with E-state index >= 15 is 17.6 Å². The van der Waals surface area contributed by atoms with Gasteiger partial charge in [0, 0.05) is 112 Å². The second-order valence-electron chi connectivity index (χ2n) is 33.8. The number of rotatable bonds is 15. The van der Waals surface area contributed by atoms with Gasteiger partial charge in [-0.15, -0.1) is 0 Å². The lowest BCUT2D eigenvalue weighted by Gasteiger charge is -2.41. The van der Waals surface area contributed by atoms with Crippen LogP contribution in [0.25, 0.3) is 83.9 Å². The van der Waals surface area contributed by atoms with E-state index in [2.05, 4.69) is 49.6 Å². The first-order valence-corrected chi connectivity index (χ1v) is 44.9. The number of aryl methyl sites for hydroxylation is 3. The Balaban J connectivity index is 0.000000175. The lowest BCUT2D eigenvalue weighted by molar-refractivity contribution is -0.129. The zero-order valence-corrected chi connectivity index (χ0v) is 80.3. The van der Waals surface area contributed by atoms with E-state index in [1.54, 1.807) is 87.0 Å². The van der Waals surface area contributed by atoms with Crippen molar-refractivity contribution in [3.63, 3.8) is 0 Å². The van der Waals surface area contributed by atoms with Crippen molar-refractivity contribution < 1.29 is 53.9 Å². The van der Waals surface area contributed by atoms with Crippen LogP contribution in [0.15, 0.2) is 107 Å². The molecule has 0 saturated carbocycles. The van der Waals surface area contributed by atoms with Gasteiger partial charge in [0.15, 0.2) is 52.4 Å². The summed E-state index contributed by atoms with van der Waals surface area (Å²) in [5, 5.41) is 28.2. The van der Waals surface area contributed by atoms with E-state index in [0.29, 0.717) is 50.8 Å². The molecule has 3 aliphatic heterocycles. The Labute approximate surface area is 813 Å². The van der Waals surface area contributed by atoms with E-state index in [0.717, 1.165) is 0 Å². The minimum atomic E-state index is -1.67. The number of anilines is 6. The summed E-state index contributed by atoms with van der Waals surface area (Å²) >= 11 is 38.1. The number of aromatic nitrogens is 9. The van der Waals surface area contributed by atoms with E-state index in [1.165, 1.54) is 50.1 Å². The number of hydrogen-bond donors (Lipinski definition) is 3. The molecule has 42 heteroatoms. The number of nitriles is 3. The van der Waals surface area contributed by atoms with Crippen molar-refractivity contribution in [1.82, 2.24) is 58.3 Å². The molecule has 3 fully saturated rings. The van der Waals surface area contributed by atoms with Gasteiger partial charge in [-0.3, -0.25) is 57.4 Å².